The predicted octanol–water partition coefficient (Wildman–Crippen LogP) is 1.63. The van der Waals surface area contributed by atoms with Crippen molar-refractivity contribution in [1.82, 2.24) is 14.5 Å². The number of nitrogens with one attached hydrogen (secondary N) is 1. The zero-order chi connectivity index (χ0) is 11.7. The van der Waals surface area contributed by atoms with Crippen LogP contribution in [0.15, 0.2) is 24.4 Å². The van der Waals surface area contributed by atoms with Crippen LogP contribution in [0.25, 0.3) is 11.5 Å². The van der Waals surface area contributed by atoms with E-state index in [2.05, 4.69) is 21.4 Å². The fourth-order valence-electron chi connectivity index (χ4n) is 2.06. The van der Waals surface area contributed by atoms with Gasteiger partial charge < -0.3 is 9.88 Å². The third-order valence-corrected chi connectivity index (χ3v) is 2.82. The van der Waals surface area contributed by atoms with E-state index in [0.29, 0.717) is 5.69 Å². The third-order valence-electron chi connectivity index (χ3n) is 2.82. The van der Waals surface area contributed by atoms with E-state index in [0.717, 1.165) is 36.8 Å². The van der Waals surface area contributed by atoms with E-state index in [-0.39, 0.29) is 0 Å². The topological polar surface area (TPSA) is 66.5 Å². The van der Waals surface area contributed by atoms with Crippen molar-refractivity contribution in [3.05, 3.63) is 30.1 Å². The van der Waals surface area contributed by atoms with Crippen LogP contribution in [-0.2, 0) is 6.54 Å². The summed E-state index contributed by atoms with van der Waals surface area (Å²) in [4.78, 5) is 8.64. The summed E-state index contributed by atoms with van der Waals surface area (Å²) in [5.41, 5.74) is 1.25. The number of aromatic nitrogens is 3. The maximum Gasteiger partial charge on any atom is 0.183 e. The van der Waals surface area contributed by atoms with Crippen LogP contribution in [0.2, 0.25) is 0 Å². The van der Waals surface area contributed by atoms with Crippen molar-refractivity contribution in [3.63, 3.8) is 0 Å². The SMILES string of the molecule is N#Cc1nc(-c2ccccn2)n2c1NCCC2. The number of pyridine rings is 1. The molecule has 0 saturated heterocycles. The zero-order valence-electron chi connectivity index (χ0n) is 9.22. The number of hydrogen-bond acceptors (Lipinski definition) is 4. The molecule has 0 unspecified atom stereocenters. The van der Waals surface area contributed by atoms with Gasteiger partial charge in [-0.3, -0.25) is 4.98 Å². The van der Waals surface area contributed by atoms with Crippen molar-refractivity contribution >= 4 is 5.82 Å². The van der Waals surface area contributed by atoms with E-state index >= 15 is 0 Å². The average Bonchev–Trinajstić information content (AvgIpc) is 2.78. The molecule has 0 amide bonds. The second-order valence-corrected chi connectivity index (χ2v) is 3.89. The molecule has 2 aromatic rings. The lowest BCUT2D eigenvalue weighted by Gasteiger charge is -2.18. The Morgan fingerprint density at radius 1 is 1.41 bits per heavy atom. The number of nitrogens with zero attached hydrogens (tertiary/aromatic N) is 4. The van der Waals surface area contributed by atoms with Gasteiger partial charge >= 0.3 is 0 Å². The maximum absolute atomic E-state index is 9.07. The third kappa shape index (κ3) is 1.54. The molecule has 5 heteroatoms. The predicted molar refractivity (Wildman–Crippen MR) is 63.3 cm³/mol. The fourth-order valence-corrected chi connectivity index (χ4v) is 2.06. The summed E-state index contributed by atoms with van der Waals surface area (Å²) in [7, 11) is 0. The van der Waals surface area contributed by atoms with Gasteiger partial charge in [-0.05, 0) is 18.6 Å². The quantitative estimate of drug-likeness (QED) is 0.801. The number of rotatable bonds is 1. The Bertz CT molecular complexity index is 579. The summed E-state index contributed by atoms with van der Waals surface area (Å²) in [6.07, 6.45) is 2.77. The summed E-state index contributed by atoms with van der Waals surface area (Å²) in [6, 6.07) is 7.82. The standard InChI is InChI=1S/C12H11N5/c13-8-10-11-15-6-3-7-17(11)12(16-10)9-4-1-2-5-14-9/h1-2,4-5,15H,3,6-7H2. The monoisotopic (exact) mass is 225 g/mol. The van der Waals surface area contributed by atoms with Crippen LogP contribution in [-0.4, -0.2) is 21.1 Å². The Labute approximate surface area is 98.7 Å². The lowest BCUT2D eigenvalue weighted by Crippen LogP contribution is -2.17. The Morgan fingerprint density at radius 2 is 2.35 bits per heavy atom. The maximum atomic E-state index is 9.07. The Morgan fingerprint density at radius 3 is 3.12 bits per heavy atom. The van der Waals surface area contributed by atoms with Crippen molar-refractivity contribution in [2.45, 2.75) is 13.0 Å². The van der Waals surface area contributed by atoms with Crippen molar-refractivity contribution in [2.75, 3.05) is 11.9 Å². The van der Waals surface area contributed by atoms with E-state index < -0.39 is 0 Å². The molecule has 0 atom stereocenters. The molecule has 2 aromatic heterocycles. The van der Waals surface area contributed by atoms with Gasteiger partial charge in [-0.15, -0.1) is 0 Å². The molecule has 1 aliphatic rings. The molecule has 5 nitrogen and oxygen atoms in total. The smallest absolute Gasteiger partial charge is 0.183 e. The average molecular weight is 225 g/mol. The van der Waals surface area contributed by atoms with Crippen LogP contribution in [0.5, 0.6) is 0 Å². The first-order chi connectivity index (χ1) is 8.40. The lowest BCUT2D eigenvalue weighted by atomic mass is 10.3. The van der Waals surface area contributed by atoms with Crippen LogP contribution in [0.3, 0.4) is 0 Å². The van der Waals surface area contributed by atoms with Crippen LogP contribution >= 0.6 is 0 Å². The molecule has 1 N–H and O–H groups in total. The van der Waals surface area contributed by atoms with Crippen molar-refractivity contribution in [3.8, 4) is 17.6 Å². The minimum atomic E-state index is 0.449. The highest BCUT2D eigenvalue weighted by Crippen LogP contribution is 2.26. The van der Waals surface area contributed by atoms with E-state index in [1.165, 1.54) is 0 Å². The summed E-state index contributed by atoms with van der Waals surface area (Å²) in [5, 5.41) is 12.3. The molecular weight excluding hydrogens is 214 g/mol. The van der Waals surface area contributed by atoms with Gasteiger partial charge in [0.05, 0.1) is 0 Å². The highest BCUT2D eigenvalue weighted by atomic mass is 15.2. The van der Waals surface area contributed by atoms with Gasteiger partial charge in [-0.2, -0.15) is 5.26 Å². The van der Waals surface area contributed by atoms with Gasteiger partial charge in [-0.25, -0.2) is 4.98 Å². The Balaban J connectivity index is 2.18. The minimum Gasteiger partial charge on any atom is -0.369 e. The molecule has 0 bridgehead atoms. The van der Waals surface area contributed by atoms with E-state index in [4.69, 9.17) is 5.26 Å². The van der Waals surface area contributed by atoms with Crippen LogP contribution in [0.4, 0.5) is 5.82 Å². The van der Waals surface area contributed by atoms with Gasteiger partial charge in [0.2, 0.25) is 0 Å². The molecule has 17 heavy (non-hydrogen) atoms. The molecule has 0 spiro atoms. The minimum absolute atomic E-state index is 0.449. The highest BCUT2D eigenvalue weighted by Gasteiger charge is 2.20. The van der Waals surface area contributed by atoms with Crippen LogP contribution in [0, 0.1) is 11.3 Å². The fraction of sp³-hybridized carbons (Fsp3) is 0.250. The molecule has 3 heterocycles. The lowest BCUT2D eigenvalue weighted by molar-refractivity contribution is 0.634. The molecule has 3 rings (SSSR count). The van der Waals surface area contributed by atoms with Crippen molar-refractivity contribution in [2.24, 2.45) is 0 Å². The molecule has 84 valence electrons. The van der Waals surface area contributed by atoms with Gasteiger partial charge in [0.15, 0.2) is 11.5 Å². The second-order valence-electron chi connectivity index (χ2n) is 3.89. The largest absolute Gasteiger partial charge is 0.369 e. The molecule has 0 saturated carbocycles. The van der Waals surface area contributed by atoms with Gasteiger partial charge in [0.1, 0.15) is 17.6 Å². The molecular formula is C12H11N5. The zero-order valence-corrected chi connectivity index (χ0v) is 9.22. The van der Waals surface area contributed by atoms with Crippen LogP contribution < -0.4 is 5.32 Å². The summed E-state index contributed by atoms with van der Waals surface area (Å²) in [5.74, 6) is 1.59. The number of nitriles is 1. The first kappa shape index (κ1) is 9.85. The second kappa shape index (κ2) is 3.91. The number of hydrogen-bond donors (Lipinski definition) is 1. The summed E-state index contributed by atoms with van der Waals surface area (Å²) < 4.78 is 2.03. The molecule has 0 radical (unpaired) electrons. The molecule has 0 aromatic carbocycles. The Kier molecular flexibility index (Phi) is 2.26. The highest BCUT2D eigenvalue weighted by molar-refractivity contribution is 5.61. The molecule has 0 fully saturated rings. The van der Waals surface area contributed by atoms with Crippen LogP contribution in [0.1, 0.15) is 12.1 Å². The first-order valence-electron chi connectivity index (χ1n) is 5.56. The summed E-state index contributed by atoms with van der Waals surface area (Å²) >= 11 is 0. The first-order valence-corrected chi connectivity index (χ1v) is 5.56. The van der Waals surface area contributed by atoms with E-state index in [1.54, 1.807) is 6.20 Å². The van der Waals surface area contributed by atoms with E-state index in [9.17, 15) is 0 Å². The number of anilines is 1. The number of fused-ring (bicyclic) bond motifs is 1. The van der Waals surface area contributed by atoms with Gasteiger partial charge in [0.25, 0.3) is 0 Å². The molecule has 0 aliphatic carbocycles. The van der Waals surface area contributed by atoms with Gasteiger partial charge in [-0.1, -0.05) is 6.07 Å². The Hall–Kier alpha value is -2.35. The number of imidazole rings is 1. The normalized spacial score (nSPS) is 13.6. The molecule has 1 aliphatic heterocycles. The van der Waals surface area contributed by atoms with Crippen molar-refractivity contribution < 1.29 is 0 Å². The van der Waals surface area contributed by atoms with Crippen molar-refractivity contribution in [1.29, 1.82) is 5.26 Å². The van der Waals surface area contributed by atoms with Gasteiger partial charge in [0, 0.05) is 19.3 Å². The summed E-state index contributed by atoms with van der Waals surface area (Å²) in [6.45, 7) is 1.77. The van der Waals surface area contributed by atoms with E-state index in [1.807, 2.05) is 22.8 Å².